The minimum atomic E-state index is -0.384. The zero-order valence-corrected chi connectivity index (χ0v) is 10.3. The fraction of sp³-hybridized carbons (Fsp3) is 0.333. The third-order valence-electron chi connectivity index (χ3n) is 2.44. The van der Waals surface area contributed by atoms with Crippen LogP contribution in [0.5, 0.6) is 0 Å². The standard InChI is InChI=1S/C12H15N3O3/c1-3-17-12(16)10-8(2)14-15-11(10)13-7-9-5-4-6-18-9/h4-6H,3,7H2,1-2H3,(H2,13,14,15). The van der Waals surface area contributed by atoms with Crippen molar-refractivity contribution >= 4 is 11.8 Å². The number of hydrogen-bond acceptors (Lipinski definition) is 5. The Morgan fingerprint density at radius 3 is 3.11 bits per heavy atom. The molecule has 2 rings (SSSR count). The molecule has 0 aromatic carbocycles. The lowest BCUT2D eigenvalue weighted by Crippen LogP contribution is -2.09. The Kier molecular flexibility index (Phi) is 3.66. The van der Waals surface area contributed by atoms with Gasteiger partial charge in [0.1, 0.15) is 11.3 Å². The zero-order chi connectivity index (χ0) is 13.0. The quantitative estimate of drug-likeness (QED) is 0.793. The van der Waals surface area contributed by atoms with Crippen LogP contribution in [-0.2, 0) is 11.3 Å². The maximum atomic E-state index is 11.8. The van der Waals surface area contributed by atoms with Gasteiger partial charge in [-0.05, 0) is 26.0 Å². The van der Waals surface area contributed by atoms with Crippen molar-refractivity contribution in [3.63, 3.8) is 0 Å². The molecule has 0 unspecified atom stereocenters. The largest absolute Gasteiger partial charge is 0.467 e. The molecule has 0 spiro atoms. The molecule has 0 saturated heterocycles. The number of aromatic amines is 1. The first-order valence-electron chi connectivity index (χ1n) is 5.70. The summed E-state index contributed by atoms with van der Waals surface area (Å²) in [4.78, 5) is 11.8. The van der Waals surface area contributed by atoms with Crippen molar-refractivity contribution in [3.8, 4) is 0 Å². The van der Waals surface area contributed by atoms with E-state index < -0.39 is 0 Å². The molecule has 0 radical (unpaired) electrons. The fourth-order valence-corrected chi connectivity index (χ4v) is 1.59. The number of carbonyl (C=O) groups excluding carboxylic acids is 1. The maximum Gasteiger partial charge on any atom is 0.343 e. The number of hydrogen-bond donors (Lipinski definition) is 2. The Balaban J connectivity index is 2.10. The normalized spacial score (nSPS) is 10.3. The number of esters is 1. The summed E-state index contributed by atoms with van der Waals surface area (Å²) in [6.07, 6.45) is 1.60. The number of H-pyrrole nitrogens is 1. The van der Waals surface area contributed by atoms with Gasteiger partial charge in [0, 0.05) is 5.69 Å². The number of furan rings is 1. The molecule has 2 aromatic heterocycles. The lowest BCUT2D eigenvalue weighted by molar-refractivity contribution is 0.0526. The summed E-state index contributed by atoms with van der Waals surface area (Å²) in [6.45, 7) is 4.34. The number of rotatable bonds is 5. The Hall–Kier alpha value is -2.24. The Bertz CT molecular complexity index is 517. The van der Waals surface area contributed by atoms with Crippen molar-refractivity contribution in [2.24, 2.45) is 0 Å². The Labute approximate surface area is 104 Å². The van der Waals surface area contributed by atoms with Crippen LogP contribution in [-0.4, -0.2) is 22.8 Å². The van der Waals surface area contributed by atoms with Gasteiger partial charge in [-0.3, -0.25) is 5.10 Å². The fourth-order valence-electron chi connectivity index (χ4n) is 1.59. The summed E-state index contributed by atoms with van der Waals surface area (Å²) in [7, 11) is 0. The molecule has 6 heteroatoms. The van der Waals surface area contributed by atoms with Gasteiger partial charge in [-0.2, -0.15) is 5.10 Å². The first-order valence-corrected chi connectivity index (χ1v) is 5.70. The number of carbonyl (C=O) groups is 1. The maximum absolute atomic E-state index is 11.8. The van der Waals surface area contributed by atoms with E-state index >= 15 is 0 Å². The number of ether oxygens (including phenoxy) is 1. The Morgan fingerprint density at radius 2 is 2.44 bits per heavy atom. The lowest BCUT2D eigenvalue weighted by atomic mass is 10.2. The van der Waals surface area contributed by atoms with Crippen LogP contribution in [0.4, 0.5) is 5.82 Å². The SMILES string of the molecule is CCOC(=O)c1c(NCc2ccco2)n[nH]c1C. The van der Waals surface area contributed by atoms with Crippen molar-refractivity contribution in [1.82, 2.24) is 10.2 Å². The Morgan fingerprint density at radius 1 is 1.61 bits per heavy atom. The predicted molar refractivity (Wildman–Crippen MR) is 65.3 cm³/mol. The summed E-state index contributed by atoms with van der Waals surface area (Å²) in [5.74, 6) is 0.860. The minimum absolute atomic E-state index is 0.334. The van der Waals surface area contributed by atoms with E-state index in [1.165, 1.54) is 0 Å². The van der Waals surface area contributed by atoms with Crippen LogP contribution in [0.3, 0.4) is 0 Å². The number of nitrogens with one attached hydrogen (secondary N) is 2. The number of aromatic nitrogens is 2. The second kappa shape index (κ2) is 5.39. The number of nitrogens with zero attached hydrogens (tertiary/aromatic N) is 1. The van der Waals surface area contributed by atoms with Crippen molar-refractivity contribution in [2.75, 3.05) is 11.9 Å². The first-order chi connectivity index (χ1) is 8.72. The summed E-state index contributed by atoms with van der Waals surface area (Å²) in [5.41, 5.74) is 1.11. The second-order valence-corrected chi connectivity index (χ2v) is 3.73. The van der Waals surface area contributed by atoms with Crippen LogP contribution < -0.4 is 5.32 Å². The van der Waals surface area contributed by atoms with Crippen molar-refractivity contribution in [3.05, 3.63) is 35.4 Å². The van der Waals surface area contributed by atoms with Gasteiger partial charge in [-0.15, -0.1) is 0 Å². The molecule has 96 valence electrons. The van der Waals surface area contributed by atoms with Gasteiger partial charge in [0.05, 0.1) is 19.4 Å². The molecule has 0 aliphatic rings. The highest BCUT2D eigenvalue weighted by molar-refractivity contribution is 5.95. The molecular formula is C12H15N3O3. The highest BCUT2D eigenvalue weighted by atomic mass is 16.5. The zero-order valence-electron chi connectivity index (χ0n) is 10.3. The highest BCUT2D eigenvalue weighted by Gasteiger charge is 2.19. The second-order valence-electron chi connectivity index (χ2n) is 3.73. The van der Waals surface area contributed by atoms with Gasteiger partial charge in [-0.25, -0.2) is 4.79 Å². The molecule has 0 fully saturated rings. The summed E-state index contributed by atoms with van der Waals surface area (Å²) in [5, 5.41) is 9.84. The van der Waals surface area contributed by atoms with Crippen molar-refractivity contribution in [1.29, 1.82) is 0 Å². The monoisotopic (exact) mass is 249 g/mol. The van der Waals surface area contributed by atoms with E-state index in [0.29, 0.717) is 30.2 Å². The van der Waals surface area contributed by atoms with Gasteiger partial charge in [0.2, 0.25) is 0 Å². The van der Waals surface area contributed by atoms with Crippen LogP contribution in [0.15, 0.2) is 22.8 Å². The highest BCUT2D eigenvalue weighted by Crippen LogP contribution is 2.18. The number of anilines is 1. The summed E-state index contributed by atoms with van der Waals surface area (Å²) >= 11 is 0. The first kappa shape index (κ1) is 12.2. The van der Waals surface area contributed by atoms with E-state index in [9.17, 15) is 4.79 Å². The smallest absolute Gasteiger partial charge is 0.343 e. The molecule has 0 saturated carbocycles. The van der Waals surface area contributed by atoms with E-state index in [1.54, 1.807) is 26.2 Å². The van der Waals surface area contributed by atoms with Crippen molar-refractivity contribution < 1.29 is 13.9 Å². The van der Waals surface area contributed by atoms with Crippen LogP contribution in [0.1, 0.15) is 28.7 Å². The van der Waals surface area contributed by atoms with E-state index in [2.05, 4.69) is 15.5 Å². The van der Waals surface area contributed by atoms with Gasteiger partial charge in [0.25, 0.3) is 0 Å². The summed E-state index contributed by atoms with van der Waals surface area (Å²) in [6, 6.07) is 3.65. The van der Waals surface area contributed by atoms with Gasteiger partial charge >= 0.3 is 5.97 Å². The summed E-state index contributed by atoms with van der Waals surface area (Å²) < 4.78 is 10.2. The van der Waals surface area contributed by atoms with Crippen LogP contribution >= 0.6 is 0 Å². The van der Waals surface area contributed by atoms with E-state index in [0.717, 1.165) is 5.76 Å². The number of aryl methyl sites for hydroxylation is 1. The molecule has 2 heterocycles. The third kappa shape index (κ3) is 2.53. The third-order valence-corrected chi connectivity index (χ3v) is 2.44. The molecule has 0 bridgehead atoms. The average Bonchev–Trinajstić information content (AvgIpc) is 2.96. The van der Waals surface area contributed by atoms with Gasteiger partial charge in [0.15, 0.2) is 5.82 Å². The van der Waals surface area contributed by atoms with Crippen LogP contribution in [0, 0.1) is 6.92 Å². The van der Waals surface area contributed by atoms with Crippen LogP contribution in [0.25, 0.3) is 0 Å². The van der Waals surface area contributed by atoms with Gasteiger partial charge in [-0.1, -0.05) is 0 Å². The minimum Gasteiger partial charge on any atom is -0.467 e. The molecular weight excluding hydrogens is 234 g/mol. The predicted octanol–water partition coefficient (Wildman–Crippen LogP) is 2.10. The topological polar surface area (TPSA) is 80.2 Å². The van der Waals surface area contributed by atoms with Gasteiger partial charge < -0.3 is 14.5 Å². The van der Waals surface area contributed by atoms with Crippen molar-refractivity contribution in [2.45, 2.75) is 20.4 Å². The average molecular weight is 249 g/mol. The molecule has 2 aromatic rings. The van der Waals surface area contributed by atoms with E-state index in [-0.39, 0.29) is 5.97 Å². The molecule has 0 atom stereocenters. The molecule has 0 aliphatic carbocycles. The molecule has 2 N–H and O–H groups in total. The van der Waals surface area contributed by atoms with Crippen LogP contribution in [0.2, 0.25) is 0 Å². The molecule has 0 amide bonds. The van der Waals surface area contributed by atoms with E-state index in [4.69, 9.17) is 9.15 Å². The lowest BCUT2D eigenvalue weighted by Gasteiger charge is -2.05. The molecule has 6 nitrogen and oxygen atoms in total. The molecule has 0 aliphatic heterocycles. The molecule has 18 heavy (non-hydrogen) atoms. The van der Waals surface area contributed by atoms with E-state index in [1.807, 2.05) is 6.07 Å².